The molecular weight excluding hydrogens is 258 g/mol. The molecule has 2 N–H and O–H groups in total. The Kier molecular flexibility index (Phi) is 3.24. The summed E-state index contributed by atoms with van der Waals surface area (Å²) in [5.41, 5.74) is -0.0785. The third-order valence-electron chi connectivity index (χ3n) is 1.73. The molecule has 0 aliphatic rings. The van der Waals surface area contributed by atoms with Crippen molar-refractivity contribution in [2.24, 2.45) is 0 Å². The van der Waals surface area contributed by atoms with E-state index in [-0.39, 0.29) is 11.3 Å². The summed E-state index contributed by atoms with van der Waals surface area (Å²) in [5.74, 6) is 0. The summed E-state index contributed by atoms with van der Waals surface area (Å²) in [6.07, 6.45) is 0. The van der Waals surface area contributed by atoms with E-state index in [1.54, 1.807) is 6.07 Å². The molecule has 1 aromatic carbocycles. The molecule has 0 amide bonds. The van der Waals surface area contributed by atoms with Crippen LogP contribution in [0.1, 0.15) is 5.56 Å². The number of hydrogen-bond donors (Lipinski definition) is 2. The first-order valence-electron chi connectivity index (χ1n) is 3.95. The second-order valence-corrected chi connectivity index (χ2v) is 5.69. The van der Waals surface area contributed by atoms with Crippen molar-refractivity contribution >= 4 is 26.3 Å². The molecule has 0 aromatic heterocycles. The van der Waals surface area contributed by atoms with Crippen molar-refractivity contribution in [3.05, 3.63) is 29.8 Å². The van der Waals surface area contributed by atoms with Crippen molar-refractivity contribution in [1.82, 2.24) is 0 Å². The average Bonchev–Trinajstić information content (AvgIpc) is 2.03. The first-order valence-corrected chi connectivity index (χ1v) is 6.74. The molecule has 0 spiro atoms. The van der Waals surface area contributed by atoms with Gasteiger partial charge in [0.1, 0.15) is 0 Å². The molecule has 0 saturated carbocycles. The maximum Gasteiger partial charge on any atom is 0.375 e. The fraction of sp³-hybridized carbons (Fsp3) is 0.143. The zero-order valence-corrected chi connectivity index (χ0v) is 9.73. The van der Waals surface area contributed by atoms with E-state index >= 15 is 0 Å². The van der Waals surface area contributed by atoms with Gasteiger partial charge in [-0.25, -0.2) is 0 Å². The Morgan fingerprint density at radius 1 is 1.00 bits per heavy atom. The van der Waals surface area contributed by atoms with Crippen LogP contribution in [0.4, 0.5) is 5.69 Å². The molecule has 0 unspecified atom stereocenters. The monoisotopic (exact) mass is 267 g/mol. The predicted molar refractivity (Wildman–Crippen MR) is 56.8 cm³/mol. The van der Waals surface area contributed by atoms with E-state index in [2.05, 4.69) is 0 Å². The van der Waals surface area contributed by atoms with Crippen LogP contribution in [0.25, 0.3) is 0 Å². The fourth-order valence-corrected chi connectivity index (χ4v) is 2.99. The molecule has 0 aliphatic carbocycles. The molecular formula is C7H9NO6S2. The van der Waals surface area contributed by atoms with E-state index in [0.717, 1.165) is 6.07 Å². The molecule has 0 fully saturated rings. The maximum atomic E-state index is 10.9. The normalized spacial score (nSPS) is 12.4. The number of hydrogen-bond acceptors (Lipinski definition) is 4. The van der Waals surface area contributed by atoms with E-state index < -0.39 is 24.3 Å². The Hall–Kier alpha value is -1.16. The van der Waals surface area contributed by atoms with Gasteiger partial charge in [-0.05, 0) is 18.6 Å². The lowest BCUT2D eigenvalue weighted by molar-refractivity contribution is 0.466. The maximum absolute atomic E-state index is 10.9. The molecule has 1 rings (SSSR count). The highest BCUT2D eigenvalue weighted by atomic mass is 32.3. The smallest absolute Gasteiger partial charge is 0.268 e. The van der Waals surface area contributed by atoms with Crippen LogP contribution in [0.3, 0.4) is 0 Å². The minimum absolute atomic E-state index is 0.262. The molecule has 0 saturated heterocycles. The standard InChI is InChI=1S/C7H9NO6S2/c1-6-4-2-3-5-7(6)8(15(9,10)11)16(12,13)14/h2-5H,1H3,(H,9,10,11)(H,12,13,14). The van der Waals surface area contributed by atoms with Gasteiger partial charge in [0.05, 0.1) is 5.69 Å². The molecule has 9 heteroatoms. The first kappa shape index (κ1) is 12.9. The molecule has 1 aromatic rings. The second kappa shape index (κ2) is 4.01. The van der Waals surface area contributed by atoms with Crippen LogP contribution in [0.2, 0.25) is 0 Å². The van der Waals surface area contributed by atoms with Crippen molar-refractivity contribution in [2.75, 3.05) is 3.71 Å². The Morgan fingerprint density at radius 3 is 1.81 bits per heavy atom. The van der Waals surface area contributed by atoms with E-state index in [0.29, 0.717) is 0 Å². The van der Waals surface area contributed by atoms with Crippen molar-refractivity contribution in [1.29, 1.82) is 0 Å². The summed E-state index contributed by atoms with van der Waals surface area (Å²) in [6, 6.07) is 5.48. The largest absolute Gasteiger partial charge is 0.375 e. The quantitative estimate of drug-likeness (QED) is 0.767. The summed E-state index contributed by atoms with van der Waals surface area (Å²) in [5, 5.41) is 0. The van der Waals surface area contributed by atoms with E-state index in [9.17, 15) is 16.8 Å². The highest BCUT2D eigenvalue weighted by molar-refractivity contribution is 8.05. The lowest BCUT2D eigenvalue weighted by Crippen LogP contribution is -2.36. The van der Waals surface area contributed by atoms with Crippen LogP contribution in [0.15, 0.2) is 24.3 Å². The Bertz CT molecular complexity index is 559. The van der Waals surface area contributed by atoms with Gasteiger partial charge in [-0.1, -0.05) is 18.2 Å². The van der Waals surface area contributed by atoms with E-state index in [1.165, 1.54) is 19.1 Å². The zero-order chi connectivity index (χ0) is 12.6. The lowest BCUT2D eigenvalue weighted by Gasteiger charge is -2.18. The number of aryl methyl sites for hydroxylation is 1. The van der Waals surface area contributed by atoms with Crippen molar-refractivity contribution < 1.29 is 25.9 Å². The average molecular weight is 267 g/mol. The van der Waals surface area contributed by atoms with Crippen LogP contribution in [0.5, 0.6) is 0 Å². The minimum atomic E-state index is -5.10. The summed E-state index contributed by atoms with van der Waals surface area (Å²) >= 11 is 0. The van der Waals surface area contributed by atoms with Crippen molar-refractivity contribution in [3.63, 3.8) is 0 Å². The van der Waals surface area contributed by atoms with Crippen molar-refractivity contribution in [2.45, 2.75) is 6.92 Å². The molecule has 90 valence electrons. The van der Waals surface area contributed by atoms with Crippen LogP contribution < -0.4 is 3.71 Å². The Balaban J connectivity index is 3.54. The summed E-state index contributed by atoms with van der Waals surface area (Å²) < 4.78 is 60.5. The summed E-state index contributed by atoms with van der Waals surface area (Å²) in [7, 11) is -10.2. The van der Waals surface area contributed by atoms with Crippen molar-refractivity contribution in [3.8, 4) is 0 Å². The van der Waals surface area contributed by atoms with Crippen LogP contribution in [0, 0.1) is 6.92 Å². The zero-order valence-electron chi connectivity index (χ0n) is 8.10. The number of para-hydroxylation sites is 1. The van der Waals surface area contributed by atoms with Gasteiger partial charge < -0.3 is 0 Å². The molecule has 0 heterocycles. The predicted octanol–water partition coefficient (Wildman–Crippen LogP) is 0.407. The molecule has 0 atom stereocenters. The third-order valence-corrected chi connectivity index (χ3v) is 4.09. The molecule has 0 aliphatic heterocycles. The SMILES string of the molecule is Cc1ccccc1N(S(=O)(=O)O)S(=O)(=O)O. The van der Waals surface area contributed by atoms with Gasteiger partial charge in [0.25, 0.3) is 0 Å². The first-order chi connectivity index (χ1) is 7.14. The van der Waals surface area contributed by atoms with Crippen LogP contribution in [-0.4, -0.2) is 25.9 Å². The number of rotatable bonds is 3. The molecule has 0 bridgehead atoms. The fourth-order valence-electron chi connectivity index (χ4n) is 1.14. The van der Waals surface area contributed by atoms with Gasteiger partial charge in [-0.2, -0.15) is 16.8 Å². The van der Waals surface area contributed by atoms with Gasteiger partial charge in [-0.3, -0.25) is 9.11 Å². The summed E-state index contributed by atoms with van der Waals surface area (Å²) in [6.45, 7) is 1.43. The third kappa shape index (κ3) is 2.70. The van der Waals surface area contributed by atoms with Crippen LogP contribution in [-0.2, 0) is 20.6 Å². The number of nitrogens with zero attached hydrogens (tertiary/aromatic N) is 1. The highest BCUT2D eigenvalue weighted by Crippen LogP contribution is 2.24. The van der Waals surface area contributed by atoms with Gasteiger partial charge in [0, 0.05) is 0 Å². The minimum Gasteiger partial charge on any atom is -0.268 e. The van der Waals surface area contributed by atoms with E-state index in [1.807, 2.05) is 0 Å². The van der Waals surface area contributed by atoms with E-state index in [4.69, 9.17) is 9.11 Å². The lowest BCUT2D eigenvalue weighted by atomic mass is 10.2. The molecule has 16 heavy (non-hydrogen) atoms. The topological polar surface area (TPSA) is 112 Å². The summed E-state index contributed by atoms with van der Waals surface area (Å²) in [4.78, 5) is 0. The highest BCUT2D eigenvalue weighted by Gasteiger charge is 2.32. The Labute approximate surface area is 93.1 Å². The Morgan fingerprint density at radius 2 is 1.44 bits per heavy atom. The molecule has 0 radical (unpaired) electrons. The van der Waals surface area contributed by atoms with Gasteiger partial charge >= 0.3 is 20.6 Å². The number of anilines is 1. The van der Waals surface area contributed by atoms with Gasteiger partial charge in [0.15, 0.2) is 0 Å². The molecule has 7 nitrogen and oxygen atoms in total. The van der Waals surface area contributed by atoms with Crippen LogP contribution >= 0.6 is 0 Å². The second-order valence-electron chi connectivity index (χ2n) is 2.94. The number of benzene rings is 1. The van der Waals surface area contributed by atoms with Gasteiger partial charge in [-0.15, -0.1) is 3.71 Å². The van der Waals surface area contributed by atoms with Gasteiger partial charge in [0.2, 0.25) is 0 Å².